The highest BCUT2D eigenvalue weighted by Gasteiger charge is 2.24. The van der Waals surface area contributed by atoms with Crippen molar-refractivity contribution in [2.45, 2.75) is 45.4 Å². The summed E-state index contributed by atoms with van der Waals surface area (Å²) in [5, 5.41) is 2.32. The van der Waals surface area contributed by atoms with Gasteiger partial charge in [-0.1, -0.05) is 27.2 Å². The van der Waals surface area contributed by atoms with Gasteiger partial charge in [0.25, 0.3) is 0 Å². The van der Waals surface area contributed by atoms with Gasteiger partial charge in [0.05, 0.1) is 2.88 Å². The first-order valence-corrected chi connectivity index (χ1v) is 6.82. The number of halogens is 1. The Kier molecular flexibility index (Phi) is 4.23. The Hall–Kier alpha value is 0.430. The second-order valence-corrected chi connectivity index (χ2v) is 6.61. The van der Waals surface area contributed by atoms with Crippen LogP contribution in [-0.2, 0) is 5.41 Å². The van der Waals surface area contributed by atoms with E-state index in [4.69, 9.17) is 0 Å². The largest absolute Gasteiger partial charge is 0.137 e. The number of hydrogen-bond acceptors (Lipinski definition) is 1. The van der Waals surface area contributed by atoms with Crippen LogP contribution in [0.5, 0.6) is 0 Å². The monoisotopic (exact) mass is 308 g/mol. The molecule has 0 spiro atoms. The molecule has 1 rings (SSSR count). The molecule has 1 aromatic rings. The summed E-state index contributed by atoms with van der Waals surface area (Å²) in [5.41, 5.74) is 1.94. The van der Waals surface area contributed by atoms with Crippen molar-refractivity contribution in [1.29, 1.82) is 0 Å². The predicted octanol–water partition coefficient (Wildman–Crippen LogP) is 4.82. The van der Waals surface area contributed by atoms with E-state index in [2.05, 4.69) is 54.8 Å². The molecule has 0 aromatic carbocycles. The van der Waals surface area contributed by atoms with E-state index in [1.165, 1.54) is 27.7 Å². The Morgan fingerprint density at radius 1 is 1.46 bits per heavy atom. The average molecular weight is 308 g/mol. The molecule has 0 bridgehead atoms. The Morgan fingerprint density at radius 3 is 2.54 bits per heavy atom. The first kappa shape index (κ1) is 11.5. The van der Waals surface area contributed by atoms with E-state index in [1.54, 1.807) is 0 Å². The van der Waals surface area contributed by atoms with Crippen LogP contribution in [0, 0.1) is 2.88 Å². The van der Waals surface area contributed by atoms with Crippen LogP contribution >= 0.6 is 33.9 Å². The summed E-state index contributed by atoms with van der Waals surface area (Å²) >= 11 is 4.26. The van der Waals surface area contributed by atoms with Gasteiger partial charge in [-0.3, -0.25) is 0 Å². The maximum atomic E-state index is 2.40. The highest BCUT2D eigenvalue weighted by Crippen LogP contribution is 2.35. The van der Waals surface area contributed by atoms with Gasteiger partial charge in [0.1, 0.15) is 0 Å². The van der Waals surface area contributed by atoms with Crippen molar-refractivity contribution in [3.05, 3.63) is 19.9 Å². The molecule has 0 aliphatic rings. The fraction of sp³-hybridized carbons (Fsp3) is 0.636. The smallest absolute Gasteiger partial charge is 0.0656 e. The van der Waals surface area contributed by atoms with Crippen molar-refractivity contribution in [2.24, 2.45) is 0 Å². The van der Waals surface area contributed by atoms with E-state index in [0.29, 0.717) is 5.41 Å². The molecule has 0 fully saturated rings. The fourth-order valence-corrected chi connectivity index (χ4v) is 3.21. The SMILES string of the molecule is CCCC(C)(CC)c1csc(I)c1. The van der Waals surface area contributed by atoms with Crippen LogP contribution in [0.2, 0.25) is 0 Å². The molecule has 0 saturated carbocycles. The third-order valence-corrected chi connectivity index (χ3v) is 4.64. The molecule has 1 aromatic heterocycles. The molecule has 0 aliphatic carbocycles. The highest BCUT2D eigenvalue weighted by atomic mass is 127. The van der Waals surface area contributed by atoms with Crippen molar-refractivity contribution in [3.63, 3.8) is 0 Å². The summed E-state index contributed by atoms with van der Waals surface area (Å²) in [6.45, 7) is 6.94. The molecule has 0 nitrogen and oxygen atoms in total. The van der Waals surface area contributed by atoms with E-state index in [1.807, 2.05) is 11.3 Å². The van der Waals surface area contributed by atoms with Gasteiger partial charge in [-0.25, -0.2) is 0 Å². The van der Waals surface area contributed by atoms with Gasteiger partial charge in [-0.2, -0.15) is 0 Å². The second-order valence-electron chi connectivity index (χ2n) is 3.80. The van der Waals surface area contributed by atoms with Gasteiger partial charge in [-0.15, -0.1) is 11.3 Å². The van der Waals surface area contributed by atoms with Gasteiger partial charge < -0.3 is 0 Å². The highest BCUT2D eigenvalue weighted by molar-refractivity contribution is 14.1. The van der Waals surface area contributed by atoms with Crippen molar-refractivity contribution in [2.75, 3.05) is 0 Å². The number of hydrogen-bond donors (Lipinski definition) is 0. The number of rotatable bonds is 4. The molecule has 74 valence electrons. The summed E-state index contributed by atoms with van der Waals surface area (Å²) in [6, 6.07) is 2.34. The van der Waals surface area contributed by atoms with E-state index in [-0.39, 0.29) is 0 Å². The van der Waals surface area contributed by atoms with Crippen LogP contribution in [-0.4, -0.2) is 0 Å². The van der Waals surface area contributed by atoms with E-state index < -0.39 is 0 Å². The van der Waals surface area contributed by atoms with Gasteiger partial charge in [0, 0.05) is 0 Å². The minimum absolute atomic E-state index is 0.411. The minimum atomic E-state index is 0.411. The molecular weight excluding hydrogens is 291 g/mol. The maximum Gasteiger partial charge on any atom is 0.0656 e. The second kappa shape index (κ2) is 4.78. The normalized spacial score (nSPS) is 15.7. The lowest BCUT2D eigenvalue weighted by Gasteiger charge is -2.27. The van der Waals surface area contributed by atoms with Gasteiger partial charge in [0.15, 0.2) is 0 Å². The first-order chi connectivity index (χ1) is 6.12. The topological polar surface area (TPSA) is 0 Å². The summed E-state index contributed by atoms with van der Waals surface area (Å²) < 4.78 is 1.41. The zero-order valence-corrected chi connectivity index (χ0v) is 11.5. The Morgan fingerprint density at radius 2 is 2.15 bits per heavy atom. The molecule has 0 saturated heterocycles. The third-order valence-electron chi connectivity index (χ3n) is 2.85. The Balaban J connectivity index is 2.88. The summed E-state index contributed by atoms with van der Waals surface area (Å²) in [6.07, 6.45) is 3.82. The Bertz CT molecular complexity index is 267. The van der Waals surface area contributed by atoms with Crippen LogP contribution < -0.4 is 0 Å². The maximum absolute atomic E-state index is 2.40. The van der Waals surface area contributed by atoms with Crippen molar-refractivity contribution < 1.29 is 0 Å². The molecule has 0 aliphatic heterocycles. The van der Waals surface area contributed by atoms with Crippen LogP contribution in [0.15, 0.2) is 11.4 Å². The lowest BCUT2D eigenvalue weighted by atomic mass is 9.78. The van der Waals surface area contributed by atoms with Crippen LogP contribution in [0.25, 0.3) is 0 Å². The zero-order valence-electron chi connectivity index (χ0n) is 8.56. The van der Waals surface area contributed by atoms with Gasteiger partial charge >= 0.3 is 0 Å². The van der Waals surface area contributed by atoms with Crippen LogP contribution in [0.1, 0.15) is 45.6 Å². The van der Waals surface area contributed by atoms with Crippen molar-refractivity contribution in [3.8, 4) is 0 Å². The zero-order chi connectivity index (χ0) is 9.90. The molecule has 0 amide bonds. The van der Waals surface area contributed by atoms with E-state index >= 15 is 0 Å². The quantitative estimate of drug-likeness (QED) is 0.700. The summed E-state index contributed by atoms with van der Waals surface area (Å²) in [7, 11) is 0. The average Bonchev–Trinajstić information content (AvgIpc) is 2.52. The molecule has 0 radical (unpaired) electrons. The predicted molar refractivity (Wildman–Crippen MR) is 69.6 cm³/mol. The lowest BCUT2D eigenvalue weighted by Crippen LogP contribution is -2.19. The molecular formula is C11H17IS. The third kappa shape index (κ3) is 2.69. The molecule has 1 heterocycles. The van der Waals surface area contributed by atoms with Gasteiger partial charge in [-0.05, 0) is 57.9 Å². The lowest BCUT2D eigenvalue weighted by molar-refractivity contribution is 0.415. The number of thiophene rings is 1. The van der Waals surface area contributed by atoms with Crippen molar-refractivity contribution >= 4 is 33.9 Å². The van der Waals surface area contributed by atoms with E-state index in [9.17, 15) is 0 Å². The minimum Gasteiger partial charge on any atom is -0.137 e. The molecule has 1 unspecified atom stereocenters. The molecule has 0 N–H and O–H groups in total. The molecule has 13 heavy (non-hydrogen) atoms. The summed E-state index contributed by atoms with van der Waals surface area (Å²) in [4.78, 5) is 0. The Labute approximate surface area is 98.9 Å². The van der Waals surface area contributed by atoms with E-state index in [0.717, 1.165) is 0 Å². The molecule has 1 atom stereocenters. The van der Waals surface area contributed by atoms with Crippen LogP contribution in [0.4, 0.5) is 0 Å². The standard InChI is InChI=1S/C11H17IS/c1-4-6-11(3,5-2)9-7-10(12)13-8-9/h7-8H,4-6H2,1-3H3. The van der Waals surface area contributed by atoms with Gasteiger partial charge in [0.2, 0.25) is 0 Å². The van der Waals surface area contributed by atoms with Crippen molar-refractivity contribution in [1.82, 2.24) is 0 Å². The van der Waals surface area contributed by atoms with Crippen LogP contribution in [0.3, 0.4) is 0 Å². The summed E-state index contributed by atoms with van der Waals surface area (Å²) in [5.74, 6) is 0. The molecule has 2 heteroatoms. The fourth-order valence-electron chi connectivity index (χ4n) is 1.70. The first-order valence-electron chi connectivity index (χ1n) is 4.87.